The van der Waals surface area contributed by atoms with E-state index in [0.717, 1.165) is 37.7 Å². The lowest BCUT2D eigenvalue weighted by Crippen LogP contribution is -2.31. The van der Waals surface area contributed by atoms with Crippen molar-refractivity contribution in [1.29, 1.82) is 0 Å². The summed E-state index contributed by atoms with van der Waals surface area (Å²) < 4.78 is 7.29. The molecular weight excluding hydrogens is 344 g/mol. The largest absolute Gasteiger partial charge is 0.368 e. The SMILES string of the molecule is Cn1ncc2c1CCC[C@@H]2NC(=O)c1cccc(NC(=O)[C@@H]2CCCO2)c1. The number of hydrogen-bond donors (Lipinski definition) is 2. The van der Waals surface area contributed by atoms with E-state index in [1.54, 1.807) is 24.3 Å². The van der Waals surface area contributed by atoms with E-state index < -0.39 is 6.10 Å². The van der Waals surface area contributed by atoms with Crippen molar-refractivity contribution >= 4 is 17.5 Å². The minimum absolute atomic E-state index is 0.0277. The molecule has 1 aliphatic heterocycles. The number of benzene rings is 1. The number of amides is 2. The number of hydrogen-bond acceptors (Lipinski definition) is 4. The van der Waals surface area contributed by atoms with Crippen LogP contribution in [0.2, 0.25) is 0 Å². The quantitative estimate of drug-likeness (QED) is 0.867. The van der Waals surface area contributed by atoms with Crippen LogP contribution in [0, 0.1) is 0 Å². The molecule has 4 rings (SSSR count). The summed E-state index contributed by atoms with van der Waals surface area (Å²) >= 11 is 0. The number of rotatable bonds is 4. The first-order valence-corrected chi connectivity index (χ1v) is 9.46. The maximum Gasteiger partial charge on any atom is 0.253 e. The van der Waals surface area contributed by atoms with Crippen LogP contribution in [0.5, 0.6) is 0 Å². The van der Waals surface area contributed by atoms with Gasteiger partial charge in [0, 0.05) is 36.2 Å². The van der Waals surface area contributed by atoms with Gasteiger partial charge in [0.2, 0.25) is 0 Å². The molecule has 1 aliphatic carbocycles. The Balaban J connectivity index is 1.44. The molecule has 142 valence electrons. The van der Waals surface area contributed by atoms with Crippen molar-refractivity contribution in [1.82, 2.24) is 15.1 Å². The van der Waals surface area contributed by atoms with Crippen LogP contribution >= 0.6 is 0 Å². The summed E-state index contributed by atoms with van der Waals surface area (Å²) in [6, 6.07) is 6.99. The van der Waals surface area contributed by atoms with Crippen molar-refractivity contribution < 1.29 is 14.3 Å². The summed E-state index contributed by atoms with van der Waals surface area (Å²) in [5, 5.41) is 10.3. The molecule has 0 radical (unpaired) electrons. The average molecular weight is 368 g/mol. The summed E-state index contributed by atoms with van der Waals surface area (Å²) in [5.74, 6) is -0.303. The molecule has 0 unspecified atom stereocenters. The minimum Gasteiger partial charge on any atom is -0.368 e. The summed E-state index contributed by atoms with van der Waals surface area (Å²) in [6.07, 6.45) is 6.00. The zero-order valence-corrected chi connectivity index (χ0v) is 15.4. The fraction of sp³-hybridized carbons (Fsp3) is 0.450. The van der Waals surface area contributed by atoms with E-state index >= 15 is 0 Å². The summed E-state index contributed by atoms with van der Waals surface area (Å²) in [7, 11) is 1.93. The van der Waals surface area contributed by atoms with Crippen LogP contribution in [0.1, 0.15) is 53.3 Å². The van der Waals surface area contributed by atoms with Gasteiger partial charge in [0.05, 0.1) is 12.2 Å². The normalized spacial score (nSPS) is 21.5. The number of anilines is 1. The first-order valence-electron chi connectivity index (χ1n) is 9.46. The summed E-state index contributed by atoms with van der Waals surface area (Å²) in [5.41, 5.74) is 3.41. The number of aromatic nitrogens is 2. The van der Waals surface area contributed by atoms with E-state index in [1.165, 1.54) is 5.69 Å². The van der Waals surface area contributed by atoms with E-state index in [-0.39, 0.29) is 17.9 Å². The Morgan fingerprint density at radius 3 is 2.96 bits per heavy atom. The molecule has 27 heavy (non-hydrogen) atoms. The highest BCUT2D eigenvalue weighted by atomic mass is 16.5. The number of nitrogens with one attached hydrogen (secondary N) is 2. The number of fused-ring (bicyclic) bond motifs is 1. The van der Waals surface area contributed by atoms with Crippen LogP contribution in [0.25, 0.3) is 0 Å². The van der Waals surface area contributed by atoms with Crippen molar-refractivity contribution in [2.24, 2.45) is 7.05 Å². The van der Waals surface area contributed by atoms with Gasteiger partial charge in [0.15, 0.2) is 0 Å². The second kappa shape index (κ2) is 7.52. The Bertz CT molecular complexity index is 855. The highest BCUT2D eigenvalue weighted by Gasteiger charge is 2.26. The Morgan fingerprint density at radius 2 is 2.15 bits per heavy atom. The maximum absolute atomic E-state index is 12.7. The summed E-state index contributed by atoms with van der Waals surface area (Å²) in [4.78, 5) is 25.0. The van der Waals surface area contributed by atoms with Gasteiger partial charge in [-0.05, 0) is 50.3 Å². The van der Waals surface area contributed by atoms with E-state index in [1.807, 2.05) is 17.9 Å². The van der Waals surface area contributed by atoms with Gasteiger partial charge >= 0.3 is 0 Å². The van der Waals surface area contributed by atoms with Crippen LogP contribution in [-0.4, -0.2) is 34.3 Å². The van der Waals surface area contributed by atoms with Crippen molar-refractivity contribution in [3.63, 3.8) is 0 Å². The highest BCUT2D eigenvalue weighted by molar-refractivity contribution is 5.98. The smallest absolute Gasteiger partial charge is 0.253 e. The molecule has 7 nitrogen and oxygen atoms in total. The predicted molar refractivity (Wildman–Crippen MR) is 100 cm³/mol. The fourth-order valence-electron chi connectivity index (χ4n) is 3.84. The molecule has 2 N–H and O–H groups in total. The predicted octanol–water partition coefficient (Wildman–Crippen LogP) is 2.35. The van der Waals surface area contributed by atoms with E-state index in [0.29, 0.717) is 17.9 Å². The minimum atomic E-state index is -0.395. The summed E-state index contributed by atoms with van der Waals surface area (Å²) in [6.45, 7) is 0.623. The molecule has 0 spiro atoms. The molecule has 1 fully saturated rings. The van der Waals surface area contributed by atoms with Gasteiger partial charge in [0.25, 0.3) is 11.8 Å². The molecular formula is C20H24N4O3. The van der Waals surface area contributed by atoms with Gasteiger partial charge in [-0.25, -0.2) is 0 Å². The van der Waals surface area contributed by atoms with Gasteiger partial charge in [0.1, 0.15) is 6.10 Å². The van der Waals surface area contributed by atoms with Crippen molar-refractivity contribution in [2.45, 2.75) is 44.2 Å². The van der Waals surface area contributed by atoms with Crippen LogP contribution in [0.4, 0.5) is 5.69 Å². The second-order valence-corrected chi connectivity index (χ2v) is 7.16. The molecule has 7 heteroatoms. The number of ether oxygens (including phenoxy) is 1. The van der Waals surface area contributed by atoms with Gasteiger partial charge in [-0.1, -0.05) is 6.07 Å². The lowest BCUT2D eigenvalue weighted by molar-refractivity contribution is -0.124. The molecule has 2 amide bonds. The second-order valence-electron chi connectivity index (χ2n) is 7.16. The van der Waals surface area contributed by atoms with Gasteiger partial charge in [-0.3, -0.25) is 14.3 Å². The highest BCUT2D eigenvalue weighted by Crippen LogP contribution is 2.29. The molecule has 2 heterocycles. The van der Waals surface area contributed by atoms with E-state index in [4.69, 9.17) is 4.74 Å². The van der Waals surface area contributed by atoms with Gasteiger partial charge in [-0.2, -0.15) is 5.10 Å². The zero-order chi connectivity index (χ0) is 18.8. The third kappa shape index (κ3) is 3.73. The molecule has 0 bridgehead atoms. The Hall–Kier alpha value is -2.67. The van der Waals surface area contributed by atoms with Crippen LogP contribution in [0.15, 0.2) is 30.5 Å². The third-order valence-corrected chi connectivity index (χ3v) is 5.30. The van der Waals surface area contributed by atoms with E-state index in [9.17, 15) is 9.59 Å². The van der Waals surface area contributed by atoms with Crippen molar-refractivity contribution in [2.75, 3.05) is 11.9 Å². The molecule has 2 aliphatic rings. The molecule has 2 atom stereocenters. The van der Waals surface area contributed by atoms with Gasteiger partial charge in [-0.15, -0.1) is 0 Å². The Morgan fingerprint density at radius 1 is 1.26 bits per heavy atom. The molecule has 2 aromatic rings. The topological polar surface area (TPSA) is 85.3 Å². The third-order valence-electron chi connectivity index (χ3n) is 5.30. The number of carbonyl (C=O) groups is 2. The fourth-order valence-corrected chi connectivity index (χ4v) is 3.84. The van der Waals surface area contributed by atoms with E-state index in [2.05, 4.69) is 15.7 Å². The van der Waals surface area contributed by atoms with Crippen molar-refractivity contribution in [3.8, 4) is 0 Å². The average Bonchev–Trinajstić information content (AvgIpc) is 3.33. The number of carbonyl (C=O) groups excluding carboxylic acids is 2. The Labute approximate surface area is 158 Å². The van der Waals surface area contributed by atoms with Crippen LogP contribution < -0.4 is 10.6 Å². The zero-order valence-electron chi connectivity index (χ0n) is 15.4. The lowest BCUT2D eigenvalue weighted by Gasteiger charge is -2.24. The number of aryl methyl sites for hydroxylation is 1. The lowest BCUT2D eigenvalue weighted by atomic mass is 9.92. The number of nitrogens with zero attached hydrogens (tertiary/aromatic N) is 2. The van der Waals surface area contributed by atoms with Crippen LogP contribution in [0.3, 0.4) is 0 Å². The van der Waals surface area contributed by atoms with Crippen LogP contribution in [-0.2, 0) is 23.0 Å². The standard InChI is InChI=1S/C20H24N4O3/c1-24-17-8-3-7-16(15(17)12-21-24)23-19(25)13-5-2-6-14(11-13)22-20(26)18-9-4-10-27-18/h2,5-6,11-12,16,18H,3-4,7-10H2,1H3,(H,22,26)(H,23,25)/t16-,18-/m0/s1. The van der Waals surface area contributed by atoms with Crippen molar-refractivity contribution in [3.05, 3.63) is 47.3 Å². The molecule has 1 aromatic carbocycles. The Kier molecular flexibility index (Phi) is 4.94. The van der Waals surface area contributed by atoms with Gasteiger partial charge < -0.3 is 15.4 Å². The monoisotopic (exact) mass is 368 g/mol. The maximum atomic E-state index is 12.7. The molecule has 0 saturated carbocycles. The first-order chi connectivity index (χ1) is 13.1. The molecule has 1 aromatic heterocycles. The first kappa shape index (κ1) is 17.7. The molecule has 1 saturated heterocycles.